The Bertz CT molecular complexity index is 995. The zero-order chi connectivity index (χ0) is 22.1. The van der Waals surface area contributed by atoms with E-state index in [0.717, 1.165) is 54.5 Å². The van der Waals surface area contributed by atoms with Crippen LogP contribution in [0.2, 0.25) is 0 Å². The van der Waals surface area contributed by atoms with Gasteiger partial charge in [-0.05, 0) is 57.4 Å². The maximum Gasteiger partial charge on any atom is 0.259 e. The number of anilines is 4. The Morgan fingerprint density at radius 3 is 2.32 bits per heavy atom. The maximum absolute atomic E-state index is 13.3. The number of fused-ring (bicyclic) bond motifs is 1. The highest BCUT2D eigenvalue weighted by Gasteiger charge is 2.29. The van der Waals surface area contributed by atoms with Crippen molar-refractivity contribution in [1.29, 1.82) is 0 Å². The van der Waals surface area contributed by atoms with Gasteiger partial charge >= 0.3 is 0 Å². The van der Waals surface area contributed by atoms with Crippen molar-refractivity contribution in [3.63, 3.8) is 0 Å². The van der Waals surface area contributed by atoms with Crippen LogP contribution in [-0.4, -0.2) is 39.2 Å². The van der Waals surface area contributed by atoms with Crippen LogP contribution in [-0.2, 0) is 0 Å². The number of piperidine rings is 1. The lowest BCUT2D eigenvalue weighted by atomic mass is 10.1. The van der Waals surface area contributed by atoms with Gasteiger partial charge in [-0.1, -0.05) is 18.7 Å². The molecule has 2 aromatic rings. The van der Waals surface area contributed by atoms with Crippen molar-refractivity contribution < 1.29 is 9.53 Å². The van der Waals surface area contributed by atoms with Crippen molar-refractivity contribution in [3.8, 4) is 5.75 Å². The number of carbonyl (C=O) groups excluding carboxylic acids is 1. The molecule has 2 heterocycles. The summed E-state index contributed by atoms with van der Waals surface area (Å²) >= 11 is 0. The minimum atomic E-state index is -0.165. The zero-order valence-corrected chi connectivity index (χ0v) is 18.9. The molecule has 0 aromatic heterocycles. The van der Waals surface area contributed by atoms with E-state index in [-0.39, 0.29) is 12.0 Å². The number of carbonyl (C=O) groups is 1. The first-order chi connectivity index (χ1) is 14.9. The molecule has 0 spiro atoms. The van der Waals surface area contributed by atoms with Crippen molar-refractivity contribution >= 4 is 28.7 Å². The minimum absolute atomic E-state index is 0.00643. The van der Waals surface area contributed by atoms with E-state index in [1.165, 1.54) is 6.42 Å². The lowest BCUT2D eigenvalue weighted by Crippen LogP contribution is -2.30. The maximum atomic E-state index is 13.3. The van der Waals surface area contributed by atoms with Gasteiger partial charge in [0.1, 0.15) is 11.6 Å². The highest BCUT2D eigenvalue weighted by molar-refractivity contribution is 6.09. The molecule has 0 atom stereocenters. The van der Waals surface area contributed by atoms with E-state index in [9.17, 15) is 4.79 Å². The van der Waals surface area contributed by atoms with Crippen LogP contribution in [0, 0.1) is 0 Å². The quantitative estimate of drug-likeness (QED) is 0.731. The summed E-state index contributed by atoms with van der Waals surface area (Å²) in [7, 11) is 4.03. The highest BCUT2D eigenvalue weighted by Crippen LogP contribution is 2.45. The largest absolute Gasteiger partial charge is 0.490 e. The monoisotopic (exact) mass is 420 g/mol. The van der Waals surface area contributed by atoms with E-state index in [1.54, 1.807) is 0 Å². The minimum Gasteiger partial charge on any atom is -0.490 e. The number of para-hydroxylation sites is 1. The van der Waals surface area contributed by atoms with Crippen LogP contribution in [0.5, 0.6) is 5.75 Å². The van der Waals surface area contributed by atoms with E-state index < -0.39 is 0 Å². The molecule has 0 saturated carbocycles. The summed E-state index contributed by atoms with van der Waals surface area (Å²) in [6, 6.07) is 11.7. The summed E-state index contributed by atoms with van der Waals surface area (Å²) in [6.07, 6.45) is 3.58. The fourth-order valence-electron chi connectivity index (χ4n) is 4.30. The Labute approximate surface area is 185 Å². The molecule has 164 valence electrons. The van der Waals surface area contributed by atoms with Gasteiger partial charge in [0.15, 0.2) is 0 Å². The molecule has 1 saturated heterocycles. The molecule has 1 amide bonds. The van der Waals surface area contributed by atoms with Gasteiger partial charge in [-0.2, -0.15) is 0 Å². The van der Waals surface area contributed by atoms with E-state index in [1.807, 2.05) is 52.2 Å². The van der Waals surface area contributed by atoms with Gasteiger partial charge in [0, 0.05) is 27.2 Å². The first-order valence-corrected chi connectivity index (χ1v) is 11.0. The Balaban J connectivity index is 1.72. The van der Waals surface area contributed by atoms with E-state index in [0.29, 0.717) is 11.3 Å². The number of rotatable bonds is 5. The second kappa shape index (κ2) is 8.53. The Morgan fingerprint density at radius 1 is 1.00 bits per heavy atom. The van der Waals surface area contributed by atoms with Crippen LogP contribution in [0.4, 0.5) is 22.7 Å². The lowest BCUT2D eigenvalue weighted by Gasteiger charge is -2.31. The van der Waals surface area contributed by atoms with Crippen LogP contribution in [0.1, 0.15) is 43.5 Å². The van der Waals surface area contributed by atoms with Gasteiger partial charge in [-0.15, -0.1) is 0 Å². The SMILES string of the molecule is C=C1N(C)c2cc(NC(=O)c3ccccc3OC(C)C)c(N3CCCCC3)cc2N1C. The molecule has 31 heavy (non-hydrogen) atoms. The summed E-state index contributed by atoms with van der Waals surface area (Å²) in [5.74, 6) is 1.35. The molecule has 0 unspecified atom stereocenters. The first-order valence-electron chi connectivity index (χ1n) is 11.0. The smallest absolute Gasteiger partial charge is 0.259 e. The number of hydrogen-bond donors (Lipinski definition) is 1. The third kappa shape index (κ3) is 4.07. The molecule has 2 aliphatic rings. The average Bonchev–Trinajstić information content (AvgIpc) is 2.97. The van der Waals surface area contributed by atoms with Gasteiger partial charge < -0.3 is 24.8 Å². The normalized spacial score (nSPS) is 16.0. The topological polar surface area (TPSA) is 48.1 Å². The van der Waals surface area contributed by atoms with Crippen LogP contribution in [0.15, 0.2) is 48.8 Å². The van der Waals surface area contributed by atoms with Crippen molar-refractivity contribution in [2.45, 2.75) is 39.2 Å². The van der Waals surface area contributed by atoms with E-state index in [4.69, 9.17) is 4.74 Å². The van der Waals surface area contributed by atoms with Gasteiger partial charge in [0.25, 0.3) is 5.91 Å². The predicted octanol–water partition coefficient (Wildman–Crippen LogP) is 5.07. The third-order valence-corrected chi connectivity index (χ3v) is 6.03. The fourth-order valence-corrected chi connectivity index (χ4v) is 4.30. The molecule has 0 radical (unpaired) electrons. The number of amides is 1. The summed E-state index contributed by atoms with van der Waals surface area (Å²) in [6.45, 7) is 10.1. The van der Waals surface area contributed by atoms with Gasteiger partial charge in [-0.3, -0.25) is 4.79 Å². The molecule has 2 aliphatic heterocycles. The lowest BCUT2D eigenvalue weighted by molar-refractivity contribution is 0.102. The van der Waals surface area contributed by atoms with Crippen LogP contribution >= 0.6 is 0 Å². The molecule has 1 fully saturated rings. The first kappa shape index (κ1) is 21.1. The molecule has 0 bridgehead atoms. The Morgan fingerprint density at radius 2 is 1.65 bits per heavy atom. The van der Waals surface area contributed by atoms with Gasteiger partial charge in [-0.25, -0.2) is 0 Å². The fraction of sp³-hybridized carbons (Fsp3) is 0.400. The van der Waals surface area contributed by atoms with Crippen LogP contribution in [0.3, 0.4) is 0 Å². The molecular formula is C25H32N4O2. The zero-order valence-electron chi connectivity index (χ0n) is 18.9. The molecule has 0 aliphatic carbocycles. The summed E-state index contributed by atoms with van der Waals surface area (Å²) < 4.78 is 5.87. The number of nitrogens with one attached hydrogen (secondary N) is 1. The third-order valence-electron chi connectivity index (χ3n) is 6.03. The molecule has 6 nitrogen and oxygen atoms in total. The molecule has 6 heteroatoms. The summed E-state index contributed by atoms with van der Waals surface area (Å²) in [5.41, 5.74) is 4.56. The van der Waals surface area contributed by atoms with Crippen LogP contribution < -0.4 is 24.8 Å². The number of ether oxygens (including phenoxy) is 1. The number of hydrogen-bond acceptors (Lipinski definition) is 5. The standard InChI is InChI=1S/C25H32N4O2/c1-17(2)31-24-12-8-7-11-19(24)25(30)26-20-15-22-23(28(5)18(3)27(22)4)16-21(20)29-13-9-6-10-14-29/h7-8,11-12,15-17H,3,6,9-10,13-14H2,1-2,4-5H3,(H,26,30). The van der Waals surface area contributed by atoms with Crippen molar-refractivity contribution in [2.24, 2.45) is 0 Å². The predicted molar refractivity (Wildman–Crippen MR) is 129 cm³/mol. The molecule has 1 N–H and O–H groups in total. The van der Waals surface area contributed by atoms with Gasteiger partial charge in [0.2, 0.25) is 0 Å². The molecular weight excluding hydrogens is 388 g/mol. The number of benzene rings is 2. The van der Waals surface area contributed by atoms with E-state index in [2.05, 4.69) is 38.7 Å². The average molecular weight is 421 g/mol. The van der Waals surface area contributed by atoms with Gasteiger partial charge in [0.05, 0.1) is 34.4 Å². The van der Waals surface area contributed by atoms with Crippen molar-refractivity contribution in [3.05, 3.63) is 54.4 Å². The van der Waals surface area contributed by atoms with Crippen molar-refractivity contribution in [1.82, 2.24) is 0 Å². The Hall–Kier alpha value is -3.15. The molecule has 4 rings (SSSR count). The summed E-state index contributed by atoms with van der Waals surface area (Å²) in [5, 5.41) is 3.18. The highest BCUT2D eigenvalue weighted by atomic mass is 16.5. The number of nitrogens with zero attached hydrogens (tertiary/aromatic N) is 3. The van der Waals surface area contributed by atoms with Crippen LogP contribution in [0.25, 0.3) is 0 Å². The second-order valence-electron chi connectivity index (χ2n) is 8.56. The van der Waals surface area contributed by atoms with Crippen molar-refractivity contribution in [2.75, 3.05) is 47.2 Å². The summed E-state index contributed by atoms with van der Waals surface area (Å²) in [4.78, 5) is 19.8. The van der Waals surface area contributed by atoms with E-state index >= 15 is 0 Å². The molecule has 2 aromatic carbocycles. The second-order valence-corrected chi connectivity index (χ2v) is 8.56. The Kier molecular flexibility index (Phi) is 5.81.